The molecular formula is C20H24N4O. The SMILES string of the molecule is O=C(Nc1cccc(-c2ccc(N3CCCC3)nn2)c1)C1CCCC1. The molecule has 0 bridgehead atoms. The van der Waals surface area contributed by atoms with Crippen LogP contribution in [-0.4, -0.2) is 29.2 Å². The molecule has 0 radical (unpaired) electrons. The van der Waals surface area contributed by atoms with Gasteiger partial charge in [0.25, 0.3) is 0 Å². The van der Waals surface area contributed by atoms with E-state index in [4.69, 9.17) is 0 Å². The van der Waals surface area contributed by atoms with Gasteiger partial charge in [-0.05, 0) is 49.9 Å². The molecular weight excluding hydrogens is 312 g/mol. The van der Waals surface area contributed by atoms with Gasteiger partial charge in [-0.25, -0.2) is 0 Å². The van der Waals surface area contributed by atoms with Crippen molar-refractivity contribution >= 4 is 17.4 Å². The molecule has 4 rings (SSSR count). The molecule has 0 spiro atoms. The molecule has 1 aliphatic heterocycles. The van der Waals surface area contributed by atoms with Gasteiger partial charge < -0.3 is 10.2 Å². The Bertz CT molecular complexity index is 732. The van der Waals surface area contributed by atoms with Gasteiger partial charge in [0.1, 0.15) is 0 Å². The highest BCUT2D eigenvalue weighted by Crippen LogP contribution is 2.27. The second kappa shape index (κ2) is 7.21. The van der Waals surface area contributed by atoms with E-state index < -0.39 is 0 Å². The van der Waals surface area contributed by atoms with Gasteiger partial charge in [0.15, 0.2) is 5.82 Å². The van der Waals surface area contributed by atoms with Gasteiger partial charge in [-0.15, -0.1) is 10.2 Å². The Labute approximate surface area is 148 Å². The van der Waals surface area contributed by atoms with Crippen LogP contribution in [0, 0.1) is 5.92 Å². The Hall–Kier alpha value is -2.43. The summed E-state index contributed by atoms with van der Waals surface area (Å²) in [5.74, 6) is 1.26. The summed E-state index contributed by atoms with van der Waals surface area (Å²) in [5, 5.41) is 11.8. The number of carbonyl (C=O) groups is 1. The van der Waals surface area contributed by atoms with Crippen LogP contribution in [0.25, 0.3) is 11.3 Å². The lowest BCUT2D eigenvalue weighted by Gasteiger charge is -2.15. The molecule has 1 saturated carbocycles. The summed E-state index contributed by atoms with van der Waals surface area (Å²) in [7, 11) is 0. The average Bonchev–Trinajstić information content (AvgIpc) is 3.36. The number of benzene rings is 1. The summed E-state index contributed by atoms with van der Waals surface area (Å²) >= 11 is 0. The quantitative estimate of drug-likeness (QED) is 0.921. The predicted octanol–water partition coefficient (Wildman–Crippen LogP) is 3.87. The molecule has 1 N–H and O–H groups in total. The smallest absolute Gasteiger partial charge is 0.227 e. The second-order valence-electron chi connectivity index (χ2n) is 7.02. The highest BCUT2D eigenvalue weighted by atomic mass is 16.1. The molecule has 1 amide bonds. The third kappa shape index (κ3) is 3.65. The van der Waals surface area contributed by atoms with E-state index in [1.807, 2.05) is 36.4 Å². The Balaban J connectivity index is 1.47. The Morgan fingerprint density at radius 1 is 1.00 bits per heavy atom. The van der Waals surface area contributed by atoms with Crippen molar-refractivity contribution in [3.8, 4) is 11.3 Å². The molecule has 1 aromatic carbocycles. The van der Waals surface area contributed by atoms with Gasteiger partial charge in [-0.1, -0.05) is 25.0 Å². The van der Waals surface area contributed by atoms with Gasteiger partial charge in [-0.3, -0.25) is 4.79 Å². The van der Waals surface area contributed by atoms with Crippen LogP contribution in [0.2, 0.25) is 0 Å². The number of hydrogen-bond acceptors (Lipinski definition) is 4. The van der Waals surface area contributed by atoms with Gasteiger partial charge in [0.05, 0.1) is 5.69 Å². The van der Waals surface area contributed by atoms with Crippen molar-refractivity contribution in [2.75, 3.05) is 23.3 Å². The molecule has 2 aromatic rings. The monoisotopic (exact) mass is 336 g/mol. The van der Waals surface area contributed by atoms with Gasteiger partial charge >= 0.3 is 0 Å². The summed E-state index contributed by atoms with van der Waals surface area (Å²) < 4.78 is 0. The van der Waals surface area contributed by atoms with Gasteiger partial charge in [0.2, 0.25) is 5.91 Å². The Kier molecular flexibility index (Phi) is 4.63. The van der Waals surface area contributed by atoms with Crippen molar-refractivity contribution in [3.05, 3.63) is 36.4 Å². The fourth-order valence-electron chi connectivity index (χ4n) is 3.78. The molecule has 0 atom stereocenters. The van der Waals surface area contributed by atoms with E-state index in [9.17, 15) is 4.79 Å². The van der Waals surface area contributed by atoms with Gasteiger partial charge in [-0.2, -0.15) is 0 Å². The minimum atomic E-state index is 0.144. The topological polar surface area (TPSA) is 58.1 Å². The maximum Gasteiger partial charge on any atom is 0.227 e. The van der Waals surface area contributed by atoms with Crippen LogP contribution < -0.4 is 10.2 Å². The number of amides is 1. The largest absolute Gasteiger partial charge is 0.355 e. The van der Waals surface area contributed by atoms with Gasteiger partial charge in [0, 0.05) is 30.3 Å². The zero-order valence-corrected chi connectivity index (χ0v) is 14.4. The molecule has 1 aliphatic carbocycles. The zero-order valence-electron chi connectivity index (χ0n) is 14.4. The highest BCUT2D eigenvalue weighted by molar-refractivity contribution is 5.93. The summed E-state index contributed by atoms with van der Waals surface area (Å²) in [5.41, 5.74) is 2.64. The number of hydrogen-bond donors (Lipinski definition) is 1. The summed E-state index contributed by atoms with van der Waals surface area (Å²) in [6, 6.07) is 11.9. The summed E-state index contributed by atoms with van der Waals surface area (Å²) in [6.45, 7) is 2.13. The number of rotatable bonds is 4. The van der Waals surface area contributed by atoms with Crippen LogP contribution in [0.5, 0.6) is 0 Å². The lowest BCUT2D eigenvalue weighted by Crippen LogP contribution is -2.20. The molecule has 25 heavy (non-hydrogen) atoms. The van der Waals surface area contributed by atoms with Crippen molar-refractivity contribution in [1.82, 2.24) is 10.2 Å². The number of nitrogens with one attached hydrogen (secondary N) is 1. The molecule has 0 unspecified atom stereocenters. The maximum atomic E-state index is 12.3. The molecule has 130 valence electrons. The fraction of sp³-hybridized carbons (Fsp3) is 0.450. The standard InChI is InChI=1S/C20H24N4O/c25-20(15-6-1-2-7-15)21-17-9-5-8-16(14-17)18-10-11-19(23-22-18)24-12-3-4-13-24/h5,8-11,14-15H,1-4,6-7,12-13H2,(H,21,25). The predicted molar refractivity (Wildman–Crippen MR) is 99.5 cm³/mol. The first kappa shape index (κ1) is 16.1. The van der Waals surface area contributed by atoms with Crippen molar-refractivity contribution in [2.24, 2.45) is 5.92 Å². The second-order valence-corrected chi connectivity index (χ2v) is 7.02. The summed E-state index contributed by atoms with van der Waals surface area (Å²) in [6.07, 6.45) is 6.80. The normalized spacial score (nSPS) is 17.8. The third-order valence-corrected chi connectivity index (χ3v) is 5.23. The first-order chi connectivity index (χ1) is 12.3. The van der Waals surface area contributed by atoms with E-state index in [0.717, 1.165) is 61.5 Å². The fourth-order valence-corrected chi connectivity index (χ4v) is 3.78. The molecule has 1 aromatic heterocycles. The van der Waals surface area contributed by atoms with E-state index in [1.165, 1.54) is 12.8 Å². The minimum Gasteiger partial charge on any atom is -0.355 e. The van der Waals surface area contributed by atoms with Crippen LogP contribution in [-0.2, 0) is 4.79 Å². The number of carbonyl (C=O) groups excluding carboxylic acids is 1. The molecule has 2 fully saturated rings. The third-order valence-electron chi connectivity index (χ3n) is 5.23. The number of anilines is 2. The van der Waals surface area contributed by atoms with Crippen molar-refractivity contribution in [2.45, 2.75) is 38.5 Å². The van der Waals surface area contributed by atoms with Crippen LogP contribution in [0.15, 0.2) is 36.4 Å². The molecule has 2 aliphatic rings. The molecule has 1 saturated heterocycles. The van der Waals surface area contributed by atoms with Crippen LogP contribution in [0.4, 0.5) is 11.5 Å². The van der Waals surface area contributed by atoms with Crippen molar-refractivity contribution < 1.29 is 4.79 Å². The lowest BCUT2D eigenvalue weighted by molar-refractivity contribution is -0.119. The van der Waals surface area contributed by atoms with E-state index in [-0.39, 0.29) is 11.8 Å². The number of aromatic nitrogens is 2. The van der Waals surface area contributed by atoms with E-state index >= 15 is 0 Å². The molecule has 5 heteroatoms. The number of nitrogens with zero attached hydrogens (tertiary/aromatic N) is 3. The lowest BCUT2D eigenvalue weighted by atomic mass is 10.1. The highest BCUT2D eigenvalue weighted by Gasteiger charge is 2.22. The van der Waals surface area contributed by atoms with Crippen LogP contribution in [0.1, 0.15) is 38.5 Å². The molecule has 2 heterocycles. The first-order valence-electron chi connectivity index (χ1n) is 9.29. The van der Waals surface area contributed by atoms with Crippen LogP contribution >= 0.6 is 0 Å². The van der Waals surface area contributed by atoms with Crippen molar-refractivity contribution in [1.29, 1.82) is 0 Å². The minimum absolute atomic E-state index is 0.144. The maximum absolute atomic E-state index is 12.3. The van der Waals surface area contributed by atoms with Crippen molar-refractivity contribution in [3.63, 3.8) is 0 Å². The van der Waals surface area contributed by atoms with E-state index in [1.54, 1.807) is 0 Å². The van der Waals surface area contributed by atoms with Crippen LogP contribution in [0.3, 0.4) is 0 Å². The Morgan fingerprint density at radius 3 is 2.52 bits per heavy atom. The Morgan fingerprint density at radius 2 is 1.80 bits per heavy atom. The van der Waals surface area contributed by atoms with E-state index in [2.05, 4.69) is 20.4 Å². The first-order valence-corrected chi connectivity index (χ1v) is 9.29. The summed E-state index contributed by atoms with van der Waals surface area (Å²) in [4.78, 5) is 14.6. The molecule has 5 nitrogen and oxygen atoms in total. The van der Waals surface area contributed by atoms with E-state index in [0.29, 0.717) is 0 Å². The zero-order chi connectivity index (χ0) is 17.1. The average molecular weight is 336 g/mol.